The molecule has 0 aromatic heterocycles. The van der Waals surface area contributed by atoms with E-state index in [0.717, 1.165) is 12.1 Å². The molecule has 0 heterocycles. The first-order valence-corrected chi connectivity index (χ1v) is 3.98. The fourth-order valence-corrected chi connectivity index (χ4v) is 1.08. The molecule has 0 spiro atoms. The van der Waals surface area contributed by atoms with Crippen molar-refractivity contribution in [1.82, 2.24) is 0 Å². The number of benzene rings is 1. The summed E-state index contributed by atoms with van der Waals surface area (Å²) >= 11 is 0. The summed E-state index contributed by atoms with van der Waals surface area (Å²) in [4.78, 5) is 10.5. The van der Waals surface area contributed by atoms with Gasteiger partial charge in [0.2, 0.25) is 5.91 Å². The molecule has 0 bridgehead atoms. The van der Waals surface area contributed by atoms with Gasteiger partial charge < -0.3 is 10.8 Å². The smallest absolute Gasteiger partial charge is 0.416 e. The van der Waals surface area contributed by atoms with Crippen LogP contribution in [0.4, 0.5) is 13.2 Å². The monoisotopic (exact) mass is 219 g/mol. The number of phenols is 1. The number of nitrogens with two attached hydrogens (primary N) is 1. The Balaban J connectivity index is 3.03. The number of primary amides is 1. The highest BCUT2D eigenvalue weighted by Gasteiger charge is 2.31. The number of halogens is 3. The lowest BCUT2D eigenvalue weighted by atomic mass is 10.1. The van der Waals surface area contributed by atoms with Gasteiger partial charge in [-0.25, -0.2) is 0 Å². The van der Waals surface area contributed by atoms with Gasteiger partial charge in [-0.2, -0.15) is 13.2 Å². The zero-order valence-electron chi connectivity index (χ0n) is 7.51. The van der Waals surface area contributed by atoms with Crippen LogP contribution < -0.4 is 5.73 Å². The standard InChI is InChI=1S/C9H8F3NO2/c10-9(11,12)6-2-1-5(3-8(13)15)7(14)4-6/h1-2,4,14H,3H2,(H2,13,15). The minimum absolute atomic E-state index is 0.0792. The number of carbonyl (C=O) groups is 1. The number of aromatic hydroxyl groups is 1. The molecule has 0 aliphatic rings. The summed E-state index contributed by atoms with van der Waals surface area (Å²) in [6, 6.07) is 2.39. The maximum Gasteiger partial charge on any atom is 0.416 e. The molecular weight excluding hydrogens is 211 g/mol. The number of alkyl halides is 3. The highest BCUT2D eigenvalue weighted by Crippen LogP contribution is 2.32. The average molecular weight is 219 g/mol. The molecule has 0 unspecified atom stereocenters. The molecule has 15 heavy (non-hydrogen) atoms. The first kappa shape index (κ1) is 11.4. The van der Waals surface area contributed by atoms with E-state index in [2.05, 4.69) is 0 Å². The maximum atomic E-state index is 12.2. The molecule has 0 saturated carbocycles. The SMILES string of the molecule is NC(=O)Cc1ccc(C(F)(F)F)cc1O. The fourth-order valence-electron chi connectivity index (χ4n) is 1.08. The Hall–Kier alpha value is -1.72. The summed E-state index contributed by atoms with van der Waals surface area (Å²) in [5.41, 5.74) is 3.96. The number of hydrogen-bond donors (Lipinski definition) is 2. The lowest BCUT2D eigenvalue weighted by molar-refractivity contribution is -0.137. The third-order valence-corrected chi connectivity index (χ3v) is 1.78. The number of phenolic OH excluding ortho intramolecular Hbond substituents is 1. The van der Waals surface area contributed by atoms with E-state index in [1.165, 1.54) is 0 Å². The van der Waals surface area contributed by atoms with Crippen LogP contribution in [-0.2, 0) is 17.4 Å². The van der Waals surface area contributed by atoms with Crippen LogP contribution in [0.5, 0.6) is 5.75 Å². The van der Waals surface area contributed by atoms with E-state index in [1.54, 1.807) is 0 Å². The van der Waals surface area contributed by atoms with E-state index >= 15 is 0 Å². The normalized spacial score (nSPS) is 11.4. The topological polar surface area (TPSA) is 63.3 Å². The second-order valence-corrected chi connectivity index (χ2v) is 2.98. The van der Waals surface area contributed by atoms with E-state index in [1.807, 2.05) is 0 Å². The quantitative estimate of drug-likeness (QED) is 0.790. The molecule has 1 amide bonds. The molecule has 1 aromatic carbocycles. The summed E-state index contributed by atoms with van der Waals surface area (Å²) in [6.45, 7) is 0. The van der Waals surface area contributed by atoms with Gasteiger partial charge in [0.1, 0.15) is 5.75 Å². The van der Waals surface area contributed by atoms with Crippen molar-refractivity contribution in [2.75, 3.05) is 0 Å². The largest absolute Gasteiger partial charge is 0.508 e. The van der Waals surface area contributed by atoms with Gasteiger partial charge in [-0.15, -0.1) is 0 Å². The van der Waals surface area contributed by atoms with Gasteiger partial charge in [-0.1, -0.05) is 6.07 Å². The minimum Gasteiger partial charge on any atom is -0.508 e. The summed E-state index contributed by atoms with van der Waals surface area (Å²) in [6.07, 6.45) is -4.80. The van der Waals surface area contributed by atoms with Crippen LogP contribution in [0.3, 0.4) is 0 Å². The highest BCUT2D eigenvalue weighted by atomic mass is 19.4. The van der Waals surface area contributed by atoms with Crippen molar-refractivity contribution >= 4 is 5.91 Å². The Morgan fingerprint density at radius 2 is 2.00 bits per heavy atom. The molecule has 3 N–H and O–H groups in total. The number of rotatable bonds is 2. The zero-order chi connectivity index (χ0) is 11.6. The first-order valence-electron chi connectivity index (χ1n) is 3.98. The predicted octanol–water partition coefficient (Wildman–Crippen LogP) is 1.44. The van der Waals surface area contributed by atoms with Crippen LogP contribution in [0.1, 0.15) is 11.1 Å². The Bertz CT molecular complexity index is 387. The zero-order valence-corrected chi connectivity index (χ0v) is 7.51. The molecular formula is C9H8F3NO2. The third kappa shape index (κ3) is 2.87. The van der Waals surface area contributed by atoms with Crippen molar-refractivity contribution in [3.63, 3.8) is 0 Å². The van der Waals surface area contributed by atoms with Crippen LogP contribution in [0.2, 0.25) is 0 Å². The fraction of sp³-hybridized carbons (Fsp3) is 0.222. The number of amides is 1. The van der Waals surface area contributed by atoms with Crippen molar-refractivity contribution in [3.8, 4) is 5.75 Å². The van der Waals surface area contributed by atoms with E-state index in [4.69, 9.17) is 5.73 Å². The predicted molar refractivity (Wildman–Crippen MR) is 46.0 cm³/mol. The molecule has 0 aliphatic heterocycles. The summed E-state index contributed by atoms with van der Waals surface area (Å²) in [5.74, 6) is -1.30. The second-order valence-electron chi connectivity index (χ2n) is 2.98. The molecule has 3 nitrogen and oxygen atoms in total. The third-order valence-electron chi connectivity index (χ3n) is 1.78. The van der Waals surface area contributed by atoms with Crippen molar-refractivity contribution < 1.29 is 23.1 Å². The van der Waals surface area contributed by atoms with Crippen molar-refractivity contribution in [3.05, 3.63) is 29.3 Å². The molecule has 0 fully saturated rings. The Labute approximate surface area is 83.3 Å². The van der Waals surface area contributed by atoms with E-state index < -0.39 is 23.4 Å². The second kappa shape index (κ2) is 3.80. The van der Waals surface area contributed by atoms with Gasteiger partial charge in [0.25, 0.3) is 0 Å². The number of carbonyl (C=O) groups excluding carboxylic acids is 1. The molecule has 0 saturated heterocycles. The molecule has 82 valence electrons. The van der Waals surface area contributed by atoms with Crippen molar-refractivity contribution in [2.24, 2.45) is 5.73 Å². The first-order chi connectivity index (χ1) is 6.80. The molecule has 0 radical (unpaired) electrons. The molecule has 0 atom stereocenters. The Morgan fingerprint density at radius 1 is 1.40 bits per heavy atom. The highest BCUT2D eigenvalue weighted by molar-refractivity contribution is 5.77. The molecule has 0 aliphatic carbocycles. The van der Waals surface area contributed by atoms with Gasteiger partial charge in [0, 0.05) is 5.56 Å². The van der Waals surface area contributed by atoms with Gasteiger partial charge >= 0.3 is 6.18 Å². The van der Waals surface area contributed by atoms with E-state index in [-0.39, 0.29) is 12.0 Å². The molecule has 1 aromatic rings. The Kier molecular flexibility index (Phi) is 2.88. The van der Waals surface area contributed by atoms with E-state index in [9.17, 15) is 23.1 Å². The van der Waals surface area contributed by atoms with Crippen molar-refractivity contribution in [1.29, 1.82) is 0 Å². The van der Waals surface area contributed by atoms with Gasteiger partial charge in [0.05, 0.1) is 12.0 Å². The minimum atomic E-state index is -4.51. The Morgan fingerprint density at radius 3 is 2.40 bits per heavy atom. The van der Waals surface area contributed by atoms with Crippen LogP contribution in [0.25, 0.3) is 0 Å². The lowest BCUT2D eigenvalue weighted by Crippen LogP contribution is -2.14. The summed E-state index contributed by atoms with van der Waals surface area (Å²) in [7, 11) is 0. The van der Waals surface area contributed by atoms with E-state index in [0.29, 0.717) is 6.07 Å². The maximum absolute atomic E-state index is 12.2. The lowest BCUT2D eigenvalue weighted by Gasteiger charge is -2.08. The number of hydrogen-bond acceptors (Lipinski definition) is 2. The van der Waals surface area contributed by atoms with Crippen molar-refractivity contribution in [2.45, 2.75) is 12.6 Å². The van der Waals surface area contributed by atoms with Gasteiger partial charge in [-0.3, -0.25) is 4.79 Å². The van der Waals surface area contributed by atoms with Crippen LogP contribution in [0, 0.1) is 0 Å². The summed E-state index contributed by atoms with van der Waals surface area (Å²) in [5, 5.41) is 9.20. The summed E-state index contributed by atoms with van der Waals surface area (Å²) < 4.78 is 36.5. The van der Waals surface area contributed by atoms with Crippen LogP contribution in [-0.4, -0.2) is 11.0 Å². The molecule has 6 heteroatoms. The van der Waals surface area contributed by atoms with Crippen LogP contribution >= 0.6 is 0 Å². The van der Waals surface area contributed by atoms with Gasteiger partial charge in [0.15, 0.2) is 0 Å². The van der Waals surface area contributed by atoms with Crippen LogP contribution in [0.15, 0.2) is 18.2 Å². The van der Waals surface area contributed by atoms with Gasteiger partial charge in [-0.05, 0) is 12.1 Å². The average Bonchev–Trinajstić information content (AvgIpc) is 2.05. The molecule has 1 rings (SSSR count).